The molecule has 1 aromatic heterocycles. The van der Waals surface area contributed by atoms with E-state index in [1.807, 2.05) is 18.2 Å². The average Bonchev–Trinajstić information content (AvgIpc) is 2.64. The largest absolute Gasteiger partial charge is 0.389 e. The normalized spacial score (nSPS) is 10.7. The van der Waals surface area contributed by atoms with Crippen LogP contribution in [-0.4, -0.2) is 10.2 Å². The van der Waals surface area contributed by atoms with Crippen molar-refractivity contribution in [2.75, 3.05) is 11.1 Å². The maximum absolute atomic E-state index is 5.33. The van der Waals surface area contributed by atoms with Crippen LogP contribution in [0.1, 0.15) is 25.3 Å². The third-order valence-electron chi connectivity index (χ3n) is 2.25. The minimum atomic E-state index is 0.0579. The molecule has 0 atom stereocenters. The first-order valence-corrected chi connectivity index (χ1v) is 5.11. The first-order valence-electron chi connectivity index (χ1n) is 5.11. The highest BCUT2D eigenvalue weighted by Gasteiger charge is 2.04. The number of hydrogen-bond donors (Lipinski definition) is 2. The summed E-state index contributed by atoms with van der Waals surface area (Å²) in [7, 11) is 0. The van der Waals surface area contributed by atoms with E-state index in [0.717, 1.165) is 5.69 Å². The van der Waals surface area contributed by atoms with Crippen LogP contribution in [0.5, 0.6) is 0 Å². The SMILES string of the molecule is CC(C)c1cccc(Nc2nnc(N)o2)c1. The molecule has 84 valence electrons. The molecule has 0 spiro atoms. The molecular formula is C11H14N4O. The Kier molecular flexibility index (Phi) is 2.76. The lowest BCUT2D eigenvalue weighted by Crippen LogP contribution is -1.93. The van der Waals surface area contributed by atoms with Gasteiger partial charge in [-0.1, -0.05) is 36.2 Å². The molecule has 0 saturated carbocycles. The topological polar surface area (TPSA) is 77.0 Å². The van der Waals surface area contributed by atoms with E-state index in [0.29, 0.717) is 11.9 Å². The summed E-state index contributed by atoms with van der Waals surface area (Å²) < 4.78 is 5.03. The predicted molar refractivity (Wildman–Crippen MR) is 62.5 cm³/mol. The first kappa shape index (κ1) is 10.5. The van der Waals surface area contributed by atoms with Crippen molar-refractivity contribution >= 4 is 17.7 Å². The Morgan fingerprint density at radius 2 is 2.12 bits per heavy atom. The number of benzene rings is 1. The van der Waals surface area contributed by atoms with Gasteiger partial charge in [-0.25, -0.2) is 0 Å². The van der Waals surface area contributed by atoms with Crippen molar-refractivity contribution < 1.29 is 4.42 Å². The number of rotatable bonds is 3. The average molecular weight is 218 g/mol. The zero-order valence-electron chi connectivity index (χ0n) is 9.27. The highest BCUT2D eigenvalue weighted by atomic mass is 16.4. The maximum atomic E-state index is 5.33. The molecule has 0 radical (unpaired) electrons. The second-order valence-electron chi connectivity index (χ2n) is 3.85. The fourth-order valence-electron chi connectivity index (χ4n) is 1.38. The summed E-state index contributed by atoms with van der Waals surface area (Å²) in [5.74, 6) is 0.481. The quantitative estimate of drug-likeness (QED) is 0.827. The van der Waals surface area contributed by atoms with Gasteiger partial charge in [0, 0.05) is 5.69 Å². The number of aromatic nitrogens is 2. The van der Waals surface area contributed by atoms with E-state index in [9.17, 15) is 0 Å². The van der Waals surface area contributed by atoms with Gasteiger partial charge in [0.15, 0.2) is 0 Å². The van der Waals surface area contributed by atoms with Crippen molar-refractivity contribution in [2.24, 2.45) is 0 Å². The number of nitrogens with zero attached hydrogens (tertiary/aromatic N) is 2. The number of nitrogens with one attached hydrogen (secondary N) is 1. The molecule has 0 fully saturated rings. The standard InChI is InChI=1S/C11H14N4O/c1-7(2)8-4-3-5-9(6-8)13-11-15-14-10(12)16-11/h3-7H,1-2H3,(H2,12,14)(H,13,15). The molecule has 0 aliphatic rings. The Morgan fingerprint density at radius 1 is 1.31 bits per heavy atom. The van der Waals surface area contributed by atoms with Gasteiger partial charge in [-0.15, -0.1) is 0 Å². The second-order valence-corrected chi connectivity index (χ2v) is 3.85. The van der Waals surface area contributed by atoms with Crippen molar-refractivity contribution in [1.29, 1.82) is 0 Å². The zero-order valence-corrected chi connectivity index (χ0v) is 9.27. The van der Waals surface area contributed by atoms with Crippen molar-refractivity contribution in [1.82, 2.24) is 10.2 Å². The van der Waals surface area contributed by atoms with Crippen LogP contribution in [0.3, 0.4) is 0 Å². The summed E-state index contributed by atoms with van der Waals surface area (Å²) in [6.45, 7) is 4.29. The lowest BCUT2D eigenvalue weighted by atomic mass is 10.0. The van der Waals surface area contributed by atoms with Crippen LogP contribution in [0.25, 0.3) is 0 Å². The molecule has 0 aliphatic heterocycles. The number of nitrogens with two attached hydrogens (primary N) is 1. The molecule has 16 heavy (non-hydrogen) atoms. The van der Waals surface area contributed by atoms with E-state index in [1.54, 1.807) is 0 Å². The summed E-state index contributed by atoms with van der Waals surface area (Å²) in [6.07, 6.45) is 0. The predicted octanol–water partition coefficient (Wildman–Crippen LogP) is 2.52. The molecule has 0 aliphatic carbocycles. The van der Waals surface area contributed by atoms with Crippen LogP contribution in [0.4, 0.5) is 17.7 Å². The maximum Gasteiger partial charge on any atom is 0.321 e. The third-order valence-corrected chi connectivity index (χ3v) is 2.25. The number of anilines is 3. The van der Waals surface area contributed by atoms with Gasteiger partial charge in [0.25, 0.3) is 0 Å². The molecule has 0 bridgehead atoms. The highest BCUT2D eigenvalue weighted by Crippen LogP contribution is 2.21. The molecule has 0 unspecified atom stereocenters. The van der Waals surface area contributed by atoms with Crippen molar-refractivity contribution in [2.45, 2.75) is 19.8 Å². The van der Waals surface area contributed by atoms with Crippen LogP contribution >= 0.6 is 0 Å². The molecule has 5 nitrogen and oxygen atoms in total. The summed E-state index contributed by atoms with van der Waals surface area (Å²) in [5.41, 5.74) is 7.49. The number of hydrogen-bond acceptors (Lipinski definition) is 5. The van der Waals surface area contributed by atoms with Gasteiger partial charge >= 0.3 is 12.0 Å². The summed E-state index contributed by atoms with van der Waals surface area (Å²) >= 11 is 0. The molecule has 2 aromatic rings. The van der Waals surface area contributed by atoms with Gasteiger partial charge in [-0.2, -0.15) is 0 Å². The van der Waals surface area contributed by atoms with Gasteiger partial charge in [-0.3, -0.25) is 0 Å². The Labute approximate surface area is 93.7 Å². The molecular weight excluding hydrogens is 204 g/mol. The number of nitrogen functional groups attached to an aromatic ring is 1. The van der Waals surface area contributed by atoms with Crippen LogP contribution in [-0.2, 0) is 0 Å². The molecule has 0 amide bonds. The first-order chi connectivity index (χ1) is 7.65. The van der Waals surface area contributed by atoms with Gasteiger partial charge < -0.3 is 15.5 Å². The second kappa shape index (κ2) is 4.22. The third kappa shape index (κ3) is 2.31. The van der Waals surface area contributed by atoms with Crippen molar-refractivity contribution in [3.8, 4) is 0 Å². The highest BCUT2D eigenvalue weighted by molar-refractivity contribution is 5.53. The molecule has 0 saturated heterocycles. The van der Waals surface area contributed by atoms with Crippen LogP contribution in [0, 0.1) is 0 Å². The summed E-state index contributed by atoms with van der Waals surface area (Å²) in [6, 6.07) is 8.41. The Morgan fingerprint density at radius 3 is 2.75 bits per heavy atom. The van der Waals surface area contributed by atoms with Gasteiger partial charge in [0.2, 0.25) is 0 Å². The minimum Gasteiger partial charge on any atom is -0.389 e. The van der Waals surface area contributed by atoms with Crippen LogP contribution in [0.2, 0.25) is 0 Å². The molecule has 3 N–H and O–H groups in total. The molecule has 5 heteroatoms. The van der Waals surface area contributed by atoms with E-state index >= 15 is 0 Å². The van der Waals surface area contributed by atoms with Crippen molar-refractivity contribution in [3.63, 3.8) is 0 Å². The van der Waals surface area contributed by atoms with Crippen LogP contribution < -0.4 is 11.1 Å². The van der Waals surface area contributed by atoms with E-state index in [2.05, 4.69) is 35.4 Å². The van der Waals surface area contributed by atoms with Gasteiger partial charge in [-0.05, 0) is 23.6 Å². The monoisotopic (exact) mass is 218 g/mol. The van der Waals surface area contributed by atoms with Gasteiger partial charge in [0.05, 0.1) is 0 Å². The molecule has 2 rings (SSSR count). The van der Waals surface area contributed by atoms with Crippen molar-refractivity contribution in [3.05, 3.63) is 29.8 Å². The molecule has 1 aromatic carbocycles. The summed E-state index contributed by atoms with van der Waals surface area (Å²) in [5, 5.41) is 10.3. The minimum absolute atomic E-state index is 0.0579. The van der Waals surface area contributed by atoms with E-state index < -0.39 is 0 Å². The van der Waals surface area contributed by atoms with E-state index in [1.165, 1.54) is 5.56 Å². The van der Waals surface area contributed by atoms with E-state index in [-0.39, 0.29) is 6.01 Å². The summed E-state index contributed by atoms with van der Waals surface area (Å²) in [4.78, 5) is 0. The lowest BCUT2D eigenvalue weighted by Gasteiger charge is -2.07. The Balaban J connectivity index is 2.18. The Bertz CT molecular complexity index is 478. The van der Waals surface area contributed by atoms with Crippen LogP contribution in [0.15, 0.2) is 28.7 Å². The fourth-order valence-corrected chi connectivity index (χ4v) is 1.38. The lowest BCUT2D eigenvalue weighted by molar-refractivity contribution is 0.593. The zero-order chi connectivity index (χ0) is 11.5. The fraction of sp³-hybridized carbons (Fsp3) is 0.273. The van der Waals surface area contributed by atoms with Gasteiger partial charge in [0.1, 0.15) is 0 Å². The molecule has 1 heterocycles. The van der Waals surface area contributed by atoms with E-state index in [4.69, 9.17) is 10.2 Å². The Hall–Kier alpha value is -2.04. The smallest absolute Gasteiger partial charge is 0.321 e.